The van der Waals surface area contributed by atoms with E-state index in [0.29, 0.717) is 13.0 Å². The summed E-state index contributed by atoms with van der Waals surface area (Å²) in [5, 5.41) is 23.7. The smallest absolute Gasteiger partial charge is 0.290 e. The van der Waals surface area contributed by atoms with Crippen LogP contribution in [-0.4, -0.2) is 65.2 Å². The molecule has 12 nitrogen and oxygen atoms in total. The van der Waals surface area contributed by atoms with Crippen molar-refractivity contribution < 1.29 is 19.5 Å². The summed E-state index contributed by atoms with van der Waals surface area (Å²) in [4.78, 5) is 37.0. The molecule has 0 spiro atoms. The third-order valence-electron chi connectivity index (χ3n) is 4.80. The highest BCUT2D eigenvalue weighted by Crippen LogP contribution is 2.19. The SMILES string of the molecule is CCc1nccn1CCC(=O)N[C@H]1CCC[C@@H](NC(=O)Cn2cnnn2)C1.O=CO. The number of aromatic nitrogens is 6. The molecule has 12 heteroatoms. The second-order valence-corrected chi connectivity index (χ2v) is 6.95. The molecular formula is C18H28N8O4. The highest BCUT2D eigenvalue weighted by Gasteiger charge is 2.24. The highest BCUT2D eigenvalue weighted by atomic mass is 16.3. The summed E-state index contributed by atoms with van der Waals surface area (Å²) in [5.74, 6) is 0.911. The Morgan fingerprint density at radius 1 is 1.27 bits per heavy atom. The summed E-state index contributed by atoms with van der Waals surface area (Å²) in [6.45, 7) is 2.54. The van der Waals surface area contributed by atoms with Crippen LogP contribution in [-0.2, 0) is 33.9 Å². The minimum Gasteiger partial charge on any atom is -0.483 e. The number of carbonyl (C=O) groups excluding carboxylic acids is 2. The van der Waals surface area contributed by atoms with Crippen molar-refractivity contribution in [2.45, 2.75) is 70.6 Å². The predicted octanol–water partition coefficient (Wildman–Crippen LogP) is -0.233. The number of tetrazole rings is 1. The van der Waals surface area contributed by atoms with E-state index in [-0.39, 0.29) is 36.9 Å². The van der Waals surface area contributed by atoms with Crippen molar-refractivity contribution in [3.05, 3.63) is 24.5 Å². The quantitative estimate of drug-likeness (QED) is 0.494. The largest absolute Gasteiger partial charge is 0.483 e. The molecule has 1 fully saturated rings. The van der Waals surface area contributed by atoms with Gasteiger partial charge < -0.3 is 20.3 Å². The van der Waals surface area contributed by atoms with Crippen molar-refractivity contribution in [2.24, 2.45) is 0 Å². The van der Waals surface area contributed by atoms with E-state index in [9.17, 15) is 9.59 Å². The van der Waals surface area contributed by atoms with Gasteiger partial charge in [-0.1, -0.05) is 6.92 Å². The molecule has 2 atom stereocenters. The minimum absolute atomic E-state index is 0.0384. The van der Waals surface area contributed by atoms with E-state index in [1.54, 1.807) is 6.20 Å². The lowest BCUT2D eigenvalue weighted by molar-refractivity contribution is -0.124. The zero-order chi connectivity index (χ0) is 21.8. The van der Waals surface area contributed by atoms with Gasteiger partial charge in [-0.2, -0.15) is 0 Å². The predicted molar refractivity (Wildman–Crippen MR) is 105 cm³/mol. The third kappa shape index (κ3) is 7.60. The van der Waals surface area contributed by atoms with Gasteiger partial charge in [0.25, 0.3) is 6.47 Å². The molecule has 0 bridgehead atoms. The van der Waals surface area contributed by atoms with E-state index in [4.69, 9.17) is 9.90 Å². The number of aryl methyl sites for hydroxylation is 2. The van der Waals surface area contributed by atoms with Crippen LogP contribution in [0.15, 0.2) is 18.7 Å². The second-order valence-electron chi connectivity index (χ2n) is 6.95. The first kappa shape index (κ1) is 23.0. The van der Waals surface area contributed by atoms with Crippen molar-refractivity contribution >= 4 is 18.3 Å². The summed E-state index contributed by atoms with van der Waals surface area (Å²) in [7, 11) is 0. The molecule has 2 aromatic heterocycles. The van der Waals surface area contributed by atoms with Gasteiger partial charge in [0.1, 0.15) is 18.7 Å². The molecule has 3 rings (SSSR count). The van der Waals surface area contributed by atoms with Crippen molar-refractivity contribution in [2.75, 3.05) is 0 Å². The van der Waals surface area contributed by atoms with Crippen molar-refractivity contribution in [3.8, 4) is 0 Å². The molecule has 1 aliphatic rings. The Morgan fingerprint density at radius 3 is 2.60 bits per heavy atom. The molecule has 1 saturated carbocycles. The molecule has 2 heterocycles. The van der Waals surface area contributed by atoms with E-state index >= 15 is 0 Å². The zero-order valence-corrected chi connectivity index (χ0v) is 17.0. The highest BCUT2D eigenvalue weighted by molar-refractivity contribution is 5.76. The van der Waals surface area contributed by atoms with Crippen LogP contribution in [0.2, 0.25) is 0 Å². The molecule has 2 amide bonds. The molecule has 164 valence electrons. The van der Waals surface area contributed by atoms with Crippen LogP contribution >= 0.6 is 0 Å². The lowest BCUT2D eigenvalue weighted by atomic mass is 9.91. The average Bonchev–Trinajstić information content (AvgIpc) is 3.38. The van der Waals surface area contributed by atoms with Crippen LogP contribution in [0.1, 0.15) is 44.9 Å². The number of nitrogens with zero attached hydrogens (tertiary/aromatic N) is 6. The molecule has 0 unspecified atom stereocenters. The first-order valence-corrected chi connectivity index (χ1v) is 9.93. The molecular weight excluding hydrogens is 392 g/mol. The number of amides is 2. The third-order valence-corrected chi connectivity index (χ3v) is 4.80. The van der Waals surface area contributed by atoms with E-state index in [2.05, 4.69) is 38.1 Å². The van der Waals surface area contributed by atoms with Crippen molar-refractivity contribution in [1.29, 1.82) is 0 Å². The minimum atomic E-state index is -0.250. The summed E-state index contributed by atoms with van der Waals surface area (Å²) >= 11 is 0. The van der Waals surface area contributed by atoms with Crippen molar-refractivity contribution in [1.82, 2.24) is 40.4 Å². The first-order valence-electron chi connectivity index (χ1n) is 9.93. The Morgan fingerprint density at radius 2 is 1.97 bits per heavy atom. The van der Waals surface area contributed by atoms with E-state index in [1.165, 1.54) is 11.0 Å². The molecule has 1 aliphatic carbocycles. The average molecular weight is 420 g/mol. The Kier molecular flexibility index (Phi) is 9.42. The van der Waals surface area contributed by atoms with E-state index < -0.39 is 0 Å². The molecule has 2 aromatic rings. The van der Waals surface area contributed by atoms with Gasteiger partial charge in [0, 0.05) is 43.9 Å². The van der Waals surface area contributed by atoms with Gasteiger partial charge in [-0.25, -0.2) is 9.67 Å². The van der Waals surface area contributed by atoms with Gasteiger partial charge in [-0.3, -0.25) is 14.4 Å². The topological polar surface area (TPSA) is 157 Å². The fourth-order valence-electron chi connectivity index (χ4n) is 3.50. The van der Waals surface area contributed by atoms with Crippen LogP contribution in [0, 0.1) is 0 Å². The Balaban J connectivity index is 0.00000101. The summed E-state index contributed by atoms with van der Waals surface area (Å²) in [5.41, 5.74) is 0. The molecule has 0 aromatic carbocycles. The Hall–Kier alpha value is -3.31. The van der Waals surface area contributed by atoms with Gasteiger partial charge in [-0.05, 0) is 36.1 Å². The number of nitrogens with one attached hydrogen (secondary N) is 2. The maximum atomic E-state index is 12.3. The van der Waals surface area contributed by atoms with Gasteiger partial charge in [0.15, 0.2) is 0 Å². The van der Waals surface area contributed by atoms with Crippen LogP contribution in [0.5, 0.6) is 0 Å². The number of imidazole rings is 1. The van der Waals surface area contributed by atoms with Gasteiger partial charge in [-0.15, -0.1) is 5.10 Å². The monoisotopic (exact) mass is 420 g/mol. The number of hydrogen-bond acceptors (Lipinski definition) is 7. The fraction of sp³-hybridized carbons (Fsp3) is 0.611. The number of carbonyl (C=O) groups is 3. The van der Waals surface area contributed by atoms with Gasteiger partial charge in [0.05, 0.1) is 0 Å². The van der Waals surface area contributed by atoms with E-state index in [1.807, 2.05) is 10.8 Å². The maximum Gasteiger partial charge on any atom is 0.290 e. The first-order chi connectivity index (χ1) is 14.5. The van der Waals surface area contributed by atoms with Crippen LogP contribution in [0.3, 0.4) is 0 Å². The summed E-state index contributed by atoms with van der Waals surface area (Å²) in [6.07, 6.45) is 9.94. The molecule has 30 heavy (non-hydrogen) atoms. The number of carboxylic acid groups (broad SMARTS) is 1. The second kappa shape index (κ2) is 12.3. The molecule has 0 saturated heterocycles. The van der Waals surface area contributed by atoms with E-state index in [0.717, 1.165) is 37.9 Å². The van der Waals surface area contributed by atoms with Crippen LogP contribution in [0.4, 0.5) is 0 Å². The summed E-state index contributed by atoms with van der Waals surface area (Å²) < 4.78 is 3.40. The van der Waals surface area contributed by atoms with Crippen LogP contribution < -0.4 is 10.6 Å². The molecule has 0 radical (unpaired) electrons. The number of rotatable bonds is 8. The maximum absolute atomic E-state index is 12.3. The fourth-order valence-corrected chi connectivity index (χ4v) is 3.50. The van der Waals surface area contributed by atoms with Gasteiger partial charge in [0.2, 0.25) is 11.8 Å². The summed E-state index contributed by atoms with van der Waals surface area (Å²) in [6, 6.07) is 0.159. The van der Waals surface area contributed by atoms with Crippen molar-refractivity contribution in [3.63, 3.8) is 0 Å². The molecule has 0 aliphatic heterocycles. The lowest BCUT2D eigenvalue weighted by Crippen LogP contribution is -2.46. The lowest BCUT2D eigenvalue weighted by Gasteiger charge is -2.30. The zero-order valence-electron chi connectivity index (χ0n) is 17.0. The normalized spacial score (nSPS) is 18.0. The molecule has 3 N–H and O–H groups in total. The number of hydrogen-bond donors (Lipinski definition) is 3. The Bertz CT molecular complexity index is 792. The van der Waals surface area contributed by atoms with Crippen LogP contribution in [0.25, 0.3) is 0 Å². The Labute approximate surface area is 174 Å². The van der Waals surface area contributed by atoms with Gasteiger partial charge >= 0.3 is 0 Å². The standard InChI is InChI=1S/C17H26N8O2.CH2O2/c1-2-15-18-7-9-24(15)8-6-16(26)20-13-4-3-5-14(10-13)21-17(27)11-25-12-19-22-23-25;2-1-3/h7,9,12-14H,2-6,8,10-11H2,1H3,(H,20,26)(H,21,27);1H,(H,2,3)/t13-,14+;/m0./s1.